The van der Waals surface area contributed by atoms with E-state index in [1.165, 1.54) is 11.1 Å². The van der Waals surface area contributed by atoms with Crippen LogP contribution >= 0.6 is 0 Å². The van der Waals surface area contributed by atoms with Gasteiger partial charge < -0.3 is 9.31 Å². The smallest absolute Gasteiger partial charge is 0.414 e. The van der Waals surface area contributed by atoms with Gasteiger partial charge in [0, 0.05) is 14.2 Å². The molecule has 0 aliphatic heterocycles. The van der Waals surface area contributed by atoms with Crippen molar-refractivity contribution in [3.8, 4) is 0 Å². The zero-order valence-corrected chi connectivity index (χ0v) is 13.4. The SMILES string of the molecule is COB(CC(C)(C)c1cccc(C(C)(C)C)c1)OC. The Hall–Kier alpha value is -0.795. The Labute approximate surface area is 118 Å². The average molecular weight is 262 g/mol. The van der Waals surface area contributed by atoms with E-state index in [1.54, 1.807) is 14.2 Å². The molecular formula is C16H27BO2. The predicted molar refractivity (Wildman–Crippen MR) is 82.7 cm³/mol. The molecule has 0 fully saturated rings. The van der Waals surface area contributed by atoms with Gasteiger partial charge in [-0.25, -0.2) is 0 Å². The van der Waals surface area contributed by atoms with Crippen LogP contribution in [0, 0.1) is 0 Å². The maximum atomic E-state index is 5.33. The van der Waals surface area contributed by atoms with Crippen molar-refractivity contribution in [2.75, 3.05) is 14.2 Å². The molecule has 0 amide bonds. The first-order chi connectivity index (χ1) is 8.70. The molecule has 0 saturated carbocycles. The highest BCUT2D eigenvalue weighted by Crippen LogP contribution is 2.32. The van der Waals surface area contributed by atoms with Gasteiger partial charge in [-0.3, -0.25) is 0 Å². The Morgan fingerprint density at radius 3 is 1.95 bits per heavy atom. The number of hydrogen-bond donors (Lipinski definition) is 0. The van der Waals surface area contributed by atoms with Crippen LogP contribution in [0.25, 0.3) is 0 Å². The second-order valence-electron chi connectivity index (χ2n) is 6.82. The van der Waals surface area contributed by atoms with Crippen molar-refractivity contribution in [2.24, 2.45) is 0 Å². The molecule has 0 N–H and O–H groups in total. The molecule has 0 bridgehead atoms. The fraction of sp³-hybridized carbons (Fsp3) is 0.625. The summed E-state index contributed by atoms with van der Waals surface area (Å²) >= 11 is 0. The first kappa shape index (κ1) is 16.3. The van der Waals surface area contributed by atoms with E-state index in [-0.39, 0.29) is 17.9 Å². The standard InChI is InChI=1S/C16H27BO2/c1-15(2,3)13-9-8-10-14(11-13)16(4,5)12-17(18-6)19-7/h8-11H,12H2,1-7H3. The quantitative estimate of drug-likeness (QED) is 0.745. The van der Waals surface area contributed by atoms with E-state index in [4.69, 9.17) is 9.31 Å². The minimum Gasteiger partial charge on any atom is -0.414 e. The Kier molecular flexibility index (Phi) is 5.22. The summed E-state index contributed by atoms with van der Waals surface area (Å²) in [7, 11) is 3.22. The summed E-state index contributed by atoms with van der Waals surface area (Å²) in [5, 5.41) is 0. The minimum absolute atomic E-state index is 0.0257. The predicted octanol–water partition coefficient (Wildman–Crippen LogP) is 4.04. The van der Waals surface area contributed by atoms with Gasteiger partial charge in [-0.15, -0.1) is 0 Å². The molecule has 19 heavy (non-hydrogen) atoms. The van der Waals surface area contributed by atoms with Gasteiger partial charge in [0.1, 0.15) is 0 Å². The average Bonchev–Trinajstić information content (AvgIpc) is 2.35. The molecule has 3 heteroatoms. The highest BCUT2D eigenvalue weighted by Gasteiger charge is 2.30. The monoisotopic (exact) mass is 262 g/mol. The van der Waals surface area contributed by atoms with Crippen molar-refractivity contribution >= 4 is 7.12 Å². The molecule has 0 saturated heterocycles. The highest BCUT2D eigenvalue weighted by molar-refractivity contribution is 6.44. The zero-order valence-electron chi connectivity index (χ0n) is 13.4. The van der Waals surface area contributed by atoms with Gasteiger partial charge in [-0.2, -0.15) is 0 Å². The van der Waals surface area contributed by atoms with E-state index in [0.717, 1.165) is 6.32 Å². The van der Waals surface area contributed by atoms with Crippen molar-refractivity contribution in [3.63, 3.8) is 0 Å². The third kappa shape index (κ3) is 4.36. The topological polar surface area (TPSA) is 18.5 Å². The van der Waals surface area contributed by atoms with E-state index in [1.807, 2.05) is 0 Å². The lowest BCUT2D eigenvalue weighted by Crippen LogP contribution is -2.30. The normalized spacial score (nSPS) is 12.6. The summed E-state index contributed by atoms with van der Waals surface area (Å²) < 4.78 is 10.7. The summed E-state index contributed by atoms with van der Waals surface area (Å²) in [5.74, 6) is 0. The molecule has 0 spiro atoms. The molecule has 0 aliphatic carbocycles. The molecule has 106 valence electrons. The summed E-state index contributed by atoms with van der Waals surface area (Å²) in [6, 6.07) is 8.84. The lowest BCUT2D eigenvalue weighted by molar-refractivity contribution is 0.268. The van der Waals surface area contributed by atoms with Gasteiger partial charge in [0.25, 0.3) is 0 Å². The summed E-state index contributed by atoms with van der Waals surface area (Å²) in [4.78, 5) is 0. The third-order valence-electron chi connectivity index (χ3n) is 3.71. The fourth-order valence-corrected chi connectivity index (χ4v) is 2.20. The van der Waals surface area contributed by atoms with Gasteiger partial charge in [0.05, 0.1) is 0 Å². The first-order valence-corrected chi connectivity index (χ1v) is 6.87. The Bertz CT molecular complexity index is 403. The molecule has 1 rings (SSSR count). The zero-order chi connectivity index (χ0) is 14.7. The summed E-state index contributed by atoms with van der Waals surface area (Å²) in [6.45, 7) is 11.2. The van der Waals surface area contributed by atoms with Crippen molar-refractivity contribution in [2.45, 2.75) is 51.8 Å². The van der Waals surface area contributed by atoms with Crippen molar-refractivity contribution < 1.29 is 9.31 Å². The van der Waals surface area contributed by atoms with Crippen LogP contribution in [0.2, 0.25) is 6.32 Å². The molecule has 0 radical (unpaired) electrons. The molecule has 0 aromatic heterocycles. The van der Waals surface area contributed by atoms with Gasteiger partial charge in [0.2, 0.25) is 0 Å². The Morgan fingerprint density at radius 2 is 1.47 bits per heavy atom. The van der Waals surface area contributed by atoms with Gasteiger partial charge >= 0.3 is 7.12 Å². The highest BCUT2D eigenvalue weighted by atomic mass is 16.6. The molecule has 0 aliphatic rings. The van der Waals surface area contributed by atoms with E-state index < -0.39 is 0 Å². The van der Waals surface area contributed by atoms with Crippen LogP contribution < -0.4 is 0 Å². The largest absolute Gasteiger partial charge is 0.457 e. The van der Waals surface area contributed by atoms with Crippen LogP contribution in [0.15, 0.2) is 24.3 Å². The Balaban J connectivity index is 3.01. The van der Waals surface area contributed by atoms with Crippen molar-refractivity contribution in [1.82, 2.24) is 0 Å². The van der Waals surface area contributed by atoms with E-state index in [9.17, 15) is 0 Å². The van der Waals surface area contributed by atoms with E-state index in [2.05, 4.69) is 58.9 Å². The molecule has 0 unspecified atom stereocenters. The van der Waals surface area contributed by atoms with Crippen LogP contribution in [0.1, 0.15) is 45.7 Å². The first-order valence-electron chi connectivity index (χ1n) is 6.87. The maximum absolute atomic E-state index is 5.33. The van der Waals surface area contributed by atoms with Crippen LogP contribution in [0.3, 0.4) is 0 Å². The van der Waals surface area contributed by atoms with Crippen molar-refractivity contribution in [3.05, 3.63) is 35.4 Å². The molecule has 0 heterocycles. The number of rotatable bonds is 5. The summed E-state index contributed by atoms with van der Waals surface area (Å²) in [5.41, 5.74) is 2.90. The fourth-order valence-electron chi connectivity index (χ4n) is 2.20. The molecular weight excluding hydrogens is 235 g/mol. The third-order valence-corrected chi connectivity index (χ3v) is 3.71. The van der Waals surface area contributed by atoms with E-state index >= 15 is 0 Å². The van der Waals surface area contributed by atoms with Crippen LogP contribution in [0.5, 0.6) is 0 Å². The Morgan fingerprint density at radius 1 is 0.947 bits per heavy atom. The molecule has 2 nitrogen and oxygen atoms in total. The minimum atomic E-state index is -0.159. The summed E-state index contributed by atoms with van der Waals surface area (Å²) in [6.07, 6.45) is 0.841. The van der Waals surface area contributed by atoms with Gasteiger partial charge in [0.15, 0.2) is 0 Å². The van der Waals surface area contributed by atoms with Crippen molar-refractivity contribution in [1.29, 1.82) is 0 Å². The van der Waals surface area contributed by atoms with Crippen LogP contribution in [0.4, 0.5) is 0 Å². The second kappa shape index (κ2) is 6.10. The lowest BCUT2D eigenvalue weighted by Gasteiger charge is -2.29. The molecule has 0 atom stereocenters. The number of benzene rings is 1. The molecule has 1 aromatic rings. The van der Waals surface area contributed by atoms with Crippen LogP contribution in [-0.2, 0) is 20.1 Å². The second-order valence-corrected chi connectivity index (χ2v) is 6.82. The van der Waals surface area contributed by atoms with Gasteiger partial charge in [-0.05, 0) is 28.3 Å². The maximum Gasteiger partial charge on any atom is 0.457 e. The number of hydrogen-bond acceptors (Lipinski definition) is 2. The van der Waals surface area contributed by atoms with Crippen LogP contribution in [-0.4, -0.2) is 21.3 Å². The van der Waals surface area contributed by atoms with E-state index in [0.29, 0.717) is 0 Å². The van der Waals surface area contributed by atoms with Gasteiger partial charge in [-0.1, -0.05) is 58.9 Å². The molecule has 1 aromatic carbocycles. The lowest BCUT2D eigenvalue weighted by atomic mass is 9.66.